The Labute approximate surface area is 108 Å². The number of aliphatic hydroxyl groups excluding tert-OH is 2. The second-order valence-electron chi connectivity index (χ2n) is 4.21. The van der Waals surface area contributed by atoms with Crippen molar-refractivity contribution in [3.63, 3.8) is 0 Å². The zero-order valence-electron chi connectivity index (χ0n) is 8.97. The number of hydrogen-bond donors (Lipinski definition) is 2. The summed E-state index contributed by atoms with van der Waals surface area (Å²) in [5.74, 6) is 0. The highest BCUT2D eigenvalue weighted by Gasteiger charge is 2.29. The SMILES string of the molecule is OC1c2ccccc2C(O)c2cc(Br)ccc21. The number of hydrogen-bond acceptors (Lipinski definition) is 2. The standard InChI is InChI=1S/C14H11BrO2/c15-8-5-6-11-12(7-8)14(17)10-4-2-1-3-9(10)13(11)16/h1-7,13-14,16-17H. The molecule has 0 fully saturated rings. The van der Waals surface area contributed by atoms with Crippen molar-refractivity contribution in [2.75, 3.05) is 0 Å². The van der Waals surface area contributed by atoms with Crippen LogP contribution in [0.25, 0.3) is 0 Å². The second kappa shape index (κ2) is 3.95. The first-order chi connectivity index (χ1) is 8.18. The lowest BCUT2D eigenvalue weighted by Gasteiger charge is -2.28. The van der Waals surface area contributed by atoms with Crippen LogP contribution in [0.4, 0.5) is 0 Å². The van der Waals surface area contributed by atoms with Crippen molar-refractivity contribution >= 4 is 15.9 Å². The normalized spacial score (nSPS) is 21.8. The molecule has 2 aromatic carbocycles. The number of benzene rings is 2. The Hall–Kier alpha value is -1.16. The molecule has 0 bridgehead atoms. The quantitative estimate of drug-likeness (QED) is 0.783. The van der Waals surface area contributed by atoms with E-state index in [2.05, 4.69) is 15.9 Å². The molecule has 0 saturated carbocycles. The van der Waals surface area contributed by atoms with Gasteiger partial charge in [-0.05, 0) is 34.4 Å². The van der Waals surface area contributed by atoms with Crippen LogP contribution in [-0.4, -0.2) is 10.2 Å². The van der Waals surface area contributed by atoms with E-state index in [4.69, 9.17) is 0 Å². The van der Waals surface area contributed by atoms with Gasteiger partial charge in [0.1, 0.15) is 12.2 Å². The molecule has 0 heterocycles. The van der Waals surface area contributed by atoms with E-state index in [0.717, 1.165) is 26.7 Å². The maximum atomic E-state index is 10.3. The third kappa shape index (κ3) is 1.62. The van der Waals surface area contributed by atoms with Crippen molar-refractivity contribution in [3.8, 4) is 0 Å². The molecule has 2 atom stereocenters. The summed E-state index contributed by atoms with van der Waals surface area (Å²) in [6.45, 7) is 0. The van der Waals surface area contributed by atoms with Crippen LogP contribution < -0.4 is 0 Å². The zero-order chi connectivity index (χ0) is 12.0. The molecule has 2 nitrogen and oxygen atoms in total. The Bertz CT molecular complexity index is 580. The molecule has 0 radical (unpaired) electrons. The van der Waals surface area contributed by atoms with E-state index in [1.54, 1.807) is 0 Å². The van der Waals surface area contributed by atoms with Crippen molar-refractivity contribution < 1.29 is 10.2 Å². The van der Waals surface area contributed by atoms with E-state index in [1.807, 2.05) is 42.5 Å². The molecular weight excluding hydrogens is 280 g/mol. The molecule has 0 saturated heterocycles. The molecule has 2 aromatic rings. The minimum atomic E-state index is -0.665. The molecule has 0 spiro atoms. The van der Waals surface area contributed by atoms with Gasteiger partial charge in [0.05, 0.1) is 0 Å². The lowest BCUT2D eigenvalue weighted by molar-refractivity contribution is 0.173. The maximum Gasteiger partial charge on any atom is 0.105 e. The first-order valence-electron chi connectivity index (χ1n) is 5.43. The summed E-state index contributed by atoms with van der Waals surface area (Å²) in [5.41, 5.74) is 3.12. The topological polar surface area (TPSA) is 40.5 Å². The predicted octanol–water partition coefficient (Wildman–Crippen LogP) is 2.93. The predicted molar refractivity (Wildman–Crippen MR) is 68.7 cm³/mol. The molecule has 17 heavy (non-hydrogen) atoms. The lowest BCUT2D eigenvalue weighted by Crippen LogP contribution is -2.17. The van der Waals surface area contributed by atoms with Crippen molar-refractivity contribution in [1.29, 1.82) is 0 Å². The van der Waals surface area contributed by atoms with E-state index in [1.165, 1.54) is 0 Å². The van der Waals surface area contributed by atoms with Gasteiger partial charge < -0.3 is 10.2 Å². The fourth-order valence-electron chi connectivity index (χ4n) is 2.38. The van der Waals surface area contributed by atoms with Gasteiger partial charge in [0.2, 0.25) is 0 Å². The Morgan fingerprint density at radius 1 is 0.765 bits per heavy atom. The molecule has 1 aliphatic carbocycles. The zero-order valence-corrected chi connectivity index (χ0v) is 10.6. The third-order valence-electron chi connectivity index (χ3n) is 3.22. The summed E-state index contributed by atoms with van der Waals surface area (Å²) < 4.78 is 0.905. The second-order valence-corrected chi connectivity index (χ2v) is 5.12. The van der Waals surface area contributed by atoms with Crippen LogP contribution in [0, 0.1) is 0 Å². The Morgan fingerprint density at radius 2 is 1.29 bits per heavy atom. The summed E-state index contributed by atoms with van der Waals surface area (Å²) in [6, 6.07) is 13.0. The van der Waals surface area contributed by atoms with Crippen molar-refractivity contribution in [2.24, 2.45) is 0 Å². The molecule has 1 aliphatic rings. The molecule has 0 amide bonds. The average Bonchev–Trinajstić information content (AvgIpc) is 2.36. The fourth-order valence-corrected chi connectivity index (χ4v) is 2.75. The molecular formula is C14H11BrO2. The summed E-state index contributed by atoms with van der Waals surface area (Å²) in [6.07, 6.45) is -1.32. The first-order valence-corrected chi connectivity index (χ1v) is 6.22. The average molecular weight is 291 g/mol. The Kier molecular flexibility index (Phi) is 2.54. The van der Waals surface area contributed by atoms with Gasteiger partial charge in [-0.15, -0.1) is 0 Å². The van der Waals surface area contributed by atoms with Gasteiger partial charge in [0.15, 0.2) is 0 Å². The van der Waals surface area contributed by atoms with Crippen molar-refractivity contribution in [3.05, 3.63) is 69.2 Å². The molecule has 86 valence electrons. The van der Waals surface area contributed by atoms with Crippen molar-refractivity contribution in [1.82, 2.24) is 0 Å². The highest BCUT2D eigenvalue weighted by molar-refractivity contribution is 9.10. The van der Waals surface area contributed by atoms with Crippen LogP contribution >= 0.6 is 15.9 Å². The van der Waals surface area contributed by atoms with E-state index in [9.17, 15) is 10.2 Å². The van der Waals surface area contributed by atoms with E-state index in [0.29, 0.717) is 0 Å². The molecule has 0 aliphatic heterocycles. The van der Waals surface area contributed by atoms with Gasteiger partial charge in [-0.2, -0.15) is 0 Å². The third-order valence-corrected chi connectivity index (χ3v) is 3.72. The van der Waals surface area contributed by atoms with Crippen LogP contribution in [0.3, 0.4) is 0 Å². The Morgan fingerprint density at radius 3 is 1.94 bits per heavy atom. The fraction of sp³-hybridized carbons (Fsp3) is 0.143. The van der Waals surface area contributed by atoms with Gasteiger partial charge in [0, 0.05) is 4.47 Å². The molecule has 2 N–H and O–H groups in total. The summed E-state index contributed by atoms with van der Waals surface area (Å²) in [4.78, 5) is 0. The van der Waals surface area contributed by atoms with Crippen molar-refractivity contribution in [2.45, 2.75) is 12.2 Å². The lowest BCUT2D eigenvalue weighted by atomic mass is 9.82. The molecule has 3 rings (SSSR count). The van der Waals surface area contributed by atoms with Gasteiger partial charge in [-0.1, -0.05) is 46.3 Å². The van der Waals surface area contributed by atoms with Crippen LogP contribution in [0.15, 0.2) is 46.9 Å². The van der Waals surface area contributed by atoms with E-state index >= 15 is 0 Å². The molecule has 0 aromatic heterocycles. The van der Waals surface area contributed by atoms with E-state index < -0.39 is 12.2 Å². The smallest absolute Gasteiger partial charge is 0.105 e. The highest BCUT2D eigenvalue weighted by Crippen LogP contribution is 2.41. The number of aliphatic hydroxyl groups is 2. The van der Waals surface area contributed by atoms with Gasteiger partial charge in [-0.25, -0.2) is 0 Å². The number of rotatable bonds is 0. The largest absolute Gasteiger partial charge is 0.384 e. The summed E-state index contributed by atoms with van der Waals surface area (Å²) in [5, 5.41) is 20.6. The number of fused-ring (bicyclic) bond motifs is 2. The molecule has 3 heteroatoms. The number of halogens is 1. The van der Waals surface area contributed by atoms with Crippen LogP contribution in [0.1, 0.15) is 34.5 Å². The summed E-state index contributed by atoms with van der Waals surface area (Å²) >= 11 is 3.39. The minimum absolute atomic E-state index is 0.655. The first kappa shape index (κ1) is 11.0. The van der Waals surface area contributed by atoms with Crippen LogP contribution in [-0.2, 0) is 0 Å². The summed E-state index contributed by atoms with van der Waals surface area (Å²) in [7, 11) is 0. The van der Waals surface area contributed by atoms with Gasteiger partial charge in [-0.3, -0.25) is 0 Å². The van der Waals surface area contributed by atoms with Crippen LogP contribution in [0.5, 0.6) is 0 Å². The van der Waals surface area contributed by atoms with Crippen LogP contribution in [0.2, 0.25) is 0 Å². The van der Waals surface area contributed by atoms with Gasteiger partial charge >= 0.3 is 0 Å². The highest BCUT2D eigenvalue weighted by atomic mass is 79.9. The van der Waals surface area contributed by atoms with Gasteiger partial charge in [0.25, 0.3) is 0 Å². The Balaban J connectivity index is 2.25. The molecule has 2 unspecified atom stereocenters. The minimum Gasteiger partial charge on any atom is -0.384 e. The van der Waals surface area contributed by atoms with E-state index in [-0.39, 0.29) is 0 Å². The monoisotopic (exact) mass is 290 g/mol. The maximum absolute atomic E-state index is 10.3.